The van der Waals surface area contributed by atoms with Gasteiger partial charge in [-0.25, -0.2) is 0 Å². The van der Waals surface area contributed by atoms with E-state index in [9.17, 15) is 0 Å². The maximum Gasteiger partial charge on any atom is 0.324 e. The summed E-state index contributed by atoms with van der Waals surface area (Å²) in [5, 5.41) is 0. The molecule has 13 heavy (non-hydrogen) atoms. The van der Waals surface area contributed by atoms with Crippen molar-refractivity contribution in [2.24, 2.45) is 0 Å². The molecule has 0 amide bonds. The van der Waals surface area contributed by atoms with Gasteiger partial charge in [-0.3, -0.25) is 0 Å². The Hall–Kier alpha value is -0.123. The maximum atomic E-state index is 5.39. The lowest BCUT2D eigenvalue weighted by molar-refractivity contribution is 0.261. The van der Waals surface area contributed by atoms with Crippen LogP contribution in [0.15, 0.2) is 12.2 Å². The molecule has 0 fully saturated rings. The molecule has 0 aliphatic heterocycles. The third-order valence-corrected chi connectivity index (χ3v) is 4.39. The van der Waals surface area contributed by atoms with Crippen molar-refractivity contribution < 1.29 is 8.85 Å². The summed E-state index contributed by atoms with van der Waals surface area (Å²) in [5.74, 6) is 0. The number of rotatable bonds is 7. The lowest BCUT2D eigenvalue weighted by Gasteiger charge is -2.22. The first kappa shape index (κ1) is 12.9. The molecule has 0 aromatic heterocycles. The second-order valence-corrected chi connectivity index (χ2v) is 6.17. The lowest BCUT2D eigenvalue weighted by Crippen LogP contribution is -2.26. The zero-order valence-electron chi connectivity index (χ0n) is 9.30. The van der Waals surface area contributed by atoms with Gasteiger partial charge in [-0.2, -0.15) is 0 Å². The maximum absolute atomic E-state index is 5.39. The second-order valence-electron chi connectivity index (χ2n) is 3.55. The van der Waals surface area contributed by atoms with Crippen molar-refractivity contribution in [2.45, 2.75) is 38.7 Å². The van der Waals surface area contributed by atoms with E-state index in [4.69, 9.17) is 8.85 Å². The van der Waals surface area contributed by atoms with Crippen LogP contribution in [-0.4, -0.2) is 23.5 Å². The first-order valence-electron chi connectivity index (χ1n) is 4.85. The molecule has 0 bridgehead atoms. The van der Waals surface area contributed by atoms with E-state index in [1.165, 1.54) is 18.4 Å². The van der Waals surface area contributed by atoms with Crippen molar-refractivity contribution >= 4 is 9.28 Å². The van der Waals surface area contributed by atoms with E-state index in [0.717, 1.165) is 6.42 Å². The van der Waals surface area contributed by atoms with Crippen LogP contribution in [0.4, 0.5) is 0 Å². The third-order valence-electron chi connectivity index (χ3n) is 2.12. The third kappa shape index (κ3) is 5.24. The first-order chi connectivity index (χ1) is 6.15. The van der Waals surface area contributed by atoms with Gasteiger partial charge in [0, 0.05) is 19.8 Å². The zero-order valence-corrected chi connectivity index (χ0v) is 10.5. The Morgan fingerprint density at radius 2 is 1.92 bits per heavy atom. The fraction of sp³-hybridized carbons (Fsp3) is 0.800. The standard InChI is InChI=1S/C10H22O2Si/c1-6-7-10(8-9(2)3)13(11-4)12-5/h10,13H,2,6-8H2,1,3-5H3. The van der Waals surface area contributed by atoms with Crippen molar-refractivity contribution in [3.63, 3.8) is 0 Å². The molecule has 0 aliphatic carbocycles. The van der Waals surface area contributed by atoms with Gasteiger partial charge in [-0.15, -0.1) is 6.58 Å². The van der Waals surface area contributed by atoms with Crippen LogP contribution in [0.2, 0.25) is 5.54 Å². The molecule has 0 spiro atoms. The van der Waals surface area contributed by atoms with Crippen molar-refractivity contribution in [3.8, 4) is 0 Å². The van der Waals surface area contributed by atoms with Crippen LogP contribution in [0.1, 0.15) is 33.1 Å². The summed E-state index contributed by atoms with van der Waals surface area (Å²) in [6.07, 6.45) is 3.42. The van der Waals surface area contributed by atoms with Gasteiger partial charge in [0.25, 0.3) is 0 Å². The van der Waals surface area contributed by atoms with Crippen molar-refractivity contribution in [3.05, 3.63) is 12.2 Å². The van der Waals surface area contributed by atoms with E-state index in [0.29, 0.717) is 5.54 Å². The van der Waals surface area contributed by atoms with Gasteiger partial charge >= 0.3 is 9.28 Å². The average molecular weight is 202 g/mol. The summed E-state index contributed by atoms with van der Waals surface area (Å²) >= 11 is 0. The van der Waals surface area contributed by atoms with Crippen LogP contribution < -0.4 is 0 Å². The predicted molar refractivity (Wildman–Crippen MR) is 59.3 cm³/mol. The highest BCUT2D eigenvalue weighted by atomic mass is 28.3. The van der Waals surface area contributed by atoms with E-state index in [1.54, 1.807) is 14.2 Å². The molecule has 0 N–H and O–H groups in total. The molecule has 0 saturated heterocycles. The predicted octanol–water partition coefficient (Wildman–Crippen LogP) is 2.64. The second kappa shape index (κ2) is 7.30. The highest BCUT2D eigenvalue weighted by molar-refractivity contribution is 6.46. The summed E-state index contributed by atoms with van der Waals surface area (Å²) in [6, 6.07) is 0. The highest BCUT2D eigenvalue weighted by Gasteiger charge is 2.23. The molecule has 0 aromatic rings. The van der Waals surface area contributed by atoms with Crippen molar-refractivity contribution in [1.82, 2.24) is 0 Å². The molecule has 0 aromatic carbocycles. The molecule has 3 heteroatoms. The van der Waals surface area contributed by atoms with Gasteiger partial charge in [0.05, 0.1) is 0 Å². The molecule has 2 nitrogen and oxygen atoms in total. The minimum Gasteiger partial charge on any atom is -0.400 e. The van der Waals surface area contributed by atoms with Gasteiger partial charge in [-0.05, 0) is 19.8 Å². The van der Waals surface area contributed by atoms with Crippen LogP contribution in [0, 0.1) is 0 Å². The Bertz CT molecular complexity index is 144. The Kier molecular flexibility index (Phi) is 7.23. The quantitative estimate of drug-likeness (QED) is 0.467. The fourth-order valence-corrected chi connectivity index (χ4v) is 3.80. The SMILES string of the molecule is C=C(C)CC(CCC)[SiH](OC)OC. The molecule has 0 heterocycles. The van der Waals surface area contributed by atoms with Crippen LogP contribution in [0.3, 0.4) is 0 Å². The minimum absolute atomic E-state index is 0.581. The molecule has 0 saturated carbocycles. The Morgan fingerprint density at radius 1 is 1.38 bits per heavy atom. The summed E-state index contributed by atoms with van der Waals surface area (Å²) < 4.78 is 10.8. The summed E-state index contributed by atoms with van der Waals surface area (Å²) in [6.45, 7) is 8.20. The van der Waals surface area contributed by atoms with Gasteiger partial charge in [-0.1, -0.05) is 18.9 Å². The molecule has 0 aliphatic rings. The van der Waals surface area contributed by atoms with Crippen LogP contribution in [0.25, 0.3) is 0 Å². The van der Waals surface area contributed by atoms with E-state index in [-0.39, 0.29) is 0 Å². The molecule has 78 valence electrons. The summed E-state index contributed by atoms with van der Waals surface area (Å²) in [5.41, 5.74) is 1.81. The summed E-state index contributed by atoms with van der Waals surface area (Å²) in [7, 11) is 2.06. The molecule has 0 rings (SSSR count). The first-order valence-corrected chi connectivity index (χ1v) is 6.46. The Balaban J connectivity index is 4.11. The van der Waals surface area contributed by atoms with Gasteiger partial charge in [0.15, 0.2) is 0 Å². The molecular formula is C10H22O2Si. The smallest absolute Gasteiger partial charge is 0.324 e. The summed E-state index contributed by atoms with van der Waals surface area (Å²) in [4.78, 5) is 0. The molecule has 0 radical (unpaired) electrons. The normalized spacial score (nSPS) is 13.3. The van der Waals surface area contributed by atoms with Gasteiger partial charge in [0.2, 0.25) is 0 Å². The highest BCUT2D eigenvalue weighted by Crippen LogP contribution is 2.25. The zero-order chi connectivity index (χ0) is 10.3. The number of hydrogen-bond acceptors (Lipinski definition) is 2. The Labute approximate surface area is 83.8 Å². The fourth-order valence-electron chi connectivity index (χ4n) is 1.63. The number of hydrogen-bond donors (Lipinski definition) is 0. The van der Waals surface area contributed by atoms with E-state index < -0.39 is 9.28 Å². The Morgan fingerprint density at radius 3 is 2.23 bits per heavy atom. The topological polar surface area (TPSA) is 18.5 Å². The monoisotopic (exact) mass is 202 g/mol. The van der Waals surface area contributed by atoms with E-state index >= 15 is 0 Å². The van der Waals surface area contributed by atoms with Crippen LogP contribution in [-0.2, 0) is 8.85 Å². The minimum atomic E-state index is -1.44. The van der Waals surface area contributed by atoms with Crippen molar-refractivity contribution in [1.29, 1.82) is 0 Å². The van der Waals surface area contributed by atoms with Gasteiger partial charge in [0.1, 0.15) is 0 Å². The molecular weight excluding hydrogens is 180 g/mol. The van der Waals surface area contributed by atoms with Crippen LogP contribution >= 0.6 is 0 Å². The molecule has 1 atom stereocenters. The largest absolute Gasteiger partial charge is 0.400 e. The van der Waals surface area contributed by atoms with Crippen LogP contribution in [0.5, 0.6) is 0 Å². The van der Waals surface area contributed by atoms with E-state index in [2.05, 4.69) is 20.4 Å². The van der Waals surface area contributed by atoms with Gasteiger partial charge < -0.3 is 8.85 Å². The lowest BCUT2D eigenvalue weighted by atomic mass is 10.1. The van der Waals surface area contributed by atoms with E-state index in [1.807, 2.05) is 0 Å². The van der Waals surface area contributed by atoms with Crippen molar-refractivity contribution in [2.75, 3.05) is 14.2 Å². The average Bonchev–Trinajstić information content (AvgIpc) is 2.05. The number of allylic oxidation sites excluding steroid dienone is 1. The molecule has 1 unspecified atom stereocenters.